The predicted octanol–water partition coefficient (Wildman–Crippen LogP) is 0.360. The number of hydrogen-bond acceptors (Lipinski definition) is 3. The predicted molar refractivity (Wildman–Crippen MR) is 33.9 cm³/mol. The molecular formula is C6H5O2SW-. The maximum atomic E-state index is 9.93. The molecule has 0 fully saturated rings. The van der Waals surface area contributed by atoms with Crippen LogP contribution >= 0.6 is 11.3 Å². The minimum Gasteiger partial charge on any atom is -0.620 e. The first kappa shape index (κ1) is 12.5. The van der Waals surface area contributed by atoms with Crippen molar-refractivity contribution in [1.29, 1.82) is 0 Å². The van der Waals surface area contributed by atoms with Crippen molar-refractivity contribution in [2.75, 3.05) is 0 Å². The molecule has 2 nitrogen and oxygen atoms in total. The molecule has 0 saturated carbocycles. The van der Waals surface area contributed by atoms with Crippen LogP contribution in [0.2, 0.25) is 0 Å². The Hall–Kier alpha value is -0.142. The van der Waals surface area contributed by atoms with Crippen LogP contribution in [-0.4, -0.2) is 5.97 Å². The molecule has 54 valence electrons. The summed E-state index contributed by atoms with van der Waals surface area (Å²) in [7, 11) is 0. The van der Waals surface area contributed by atoms with E-state index in [9.17, 15) is 9.90 Å². The van der Waals surface area contributed by atoms with Crippen molar-refractivity contribution in [2.45, 2.75) is 0 Å². The van der Waals surface area contributed by atoms with E-state index in [1.54, 1.807) is 11.4 Å². The first-order valence-electron chi connectivity index (χ1n) is 1.97. The van der Waals surface area contributed by atoms with E-state index in [0.29, 0.717) is 0 Å². The van der Waals surface area contributed by atoms with Gasteiger partial charge in [-0.2, -0.15) is 12.1 Å². The van der Waals surface area contributed by atoms with Crippen molar-refractivity contribution in [3.8, 4) is 0 Å². The number of carboxylic acid groups (broad SMARTS) is 1. The van der Waals surface area contributed by atoms with E-state index in [2.05, 4.69) is 6.07 Å². The van der Waals surface area contributed by atoms with E-state index in [1.807, 2.05) is 0 Å². The average molecular weight is 325 g/mol. The number of hydrogen-bond donors (Lipinski definition) is 0. The van der Waals surface area contributed by atoms with Gasteiger partial charge in [0.05, 0.1) is 0 Å². The summed E-state index contributed by atoms with van der Waals surface area (Å²) in [5.74, 6) is -1.15. The number of carboxylic acids is 1. The third-order valence-electron chi connectivity index (χ3n) is 0.654. The molecule has 0 amide bonds. The first-order chi connectivity index (χ1) is 3.80. The van der Waals surface area contributed by atoms with E-state index in [4.69, 9.17) is 0 Å². The molecule has 0 bridgehead atoms. The van der Waals surface area contributed by atoms with Crippen molar-refractivity contribution in [3.05, 3.63) is 29.8 Å². The Morgan fingerprint density at radius 1 is 1.70 bits per heavy atom. The monoisotopic (exact) mass is 325 g/mol. The second kappa shape index (κ2) is 5.63. The van der Waals surface area contributed by atoms with Gasteiger partial charge in [0.1, 0.15) is 0 Å². The Balaban J connectivity index is 0. The van der Waals surface area contributed by atoms with Crippen LogP contribution < -0.4 is 5.11 Å². The summed E-state index contributed by atoms with van der Waals surface area (Å²) < 4.78 is 0. The van der Waals surface area contributed by atoms with Crippen molar-refractivity contribution in [3.63, 3.8) is 0 Å². The van der Waals surface area contributed by atoms with Gasteiger partial charge in [-0.25, -0.2) is 11.3 Å². The van der Waals surface area contributed by atoms with Crippen LogP contribution in [0.15, 0.2) is 11.4 Å². The molecule has 10 heavy (non-hydrogen) atoms. The molecule has 0 spiro atoms. The van der Waals surface area contributed by atoms with Crippen molar-refractivity contribution in [1.82, 2.24) is 0 Å². The zero-order valence-electron chi connectivity index (χ0n) is 5.29. The number of carbonyl (C=O) groups excluding carboxylic acids is 1. The summed E-state index contributed by atoms with van der Waals surface area (Å²) in [6, 6.07) is 4.04. The molecule has 0 aliphatic heterocycles. The summed E-state index contributed by atoms with van der Waals surface area (Å²) in [5, 5.41) is 11.6. The van der Waals surface area contributed by atoms with Crippen LogP contribution in [0.4, 0.5) is 0 Å². The molecule has 0 unspecified atom stereocenters. The fraction of sp³-hybridized carbons (Fsp3) is 0. The molecular weight excluding hydrogens is 320 g/mol. The van der Waals surface area contributed by atoms with Gasteiger partial charge < -0.3 is 17.3 Å². The molecule has 1 aromatic rings. The Morgan fingerprint density at radius 3 is 2.50 bits per heavy atom. The molecule has 0 aliphatic rings. The normalized spacial score (nSPS) is 7.20. The standard InChI is InChI=1S/C5H3O2S.CH3.W/c6-5(7)4-2-1-3-8-4;;/h1,3H,(H,6,7);1H3;/q2*-1;+2/p-1. The van der Waals surface area contributed by atoms with Gasteiger partial charge in [-0.05, 0) is 5.97 Å². The van der Waals surface area contributed by atoms with Crippen LogP contribution in [0.1, 0.15) is 9.67 Å². The fourth-order valence-corrected chi connectivity index (χ4v) is 0.857. The zero-order valence-corrected chi connectivity index (χ0v) is 9.04. The average Bonchev–Trinajstić information content (AvgIpc) is 2.12. The molecule has 0 N–H and O–H groups in total. The smallest absolute Gasteiger partial charge is 0.620 e. The van der Waals surface area contributed by atoms with E-state index in [1.165, 1.54) is 0 Å². The van der Waals surface area contributed by atoms with Crippen molar-refractivity contribution >= 4 is 17.3 Å². The van der Waals surface area contributed by atoms with E-state index in [0.717, 1.165) is 11.3 Å². The second-order valence-corrected chi connectivity index (χ2v) is 2.10. The fourth-order valence-electron chi connectivity index (χ4n) is 0.353. The van der Waals surface area contributed by atoms with Crippen molar-refractivity contribution < 1.29 is 31.0 Å². The van der Waals surface area contributed by atoms with Gasteiger partial charge in [0, 0.05) is 0 Å². The Kier molecular flexibility index (Phi) is 7.05. The molecule has 4 heteroatoms. The summed E-state index contributed by atoms with van der Waals surface area (Å²) in [4.78, 5) is 10.1. The Bertz CT molecular complexity index is 184. The molecule has 0 aromatic carbocycles. The van der Waals surface area contributed by atoms with Gasteiger partial charge in [0.25, 0.3) is 0 Å². The minimum absolute atomic E-state index is 0. The van der Waals surface area contributed by atoms with Gasteiger partial charge in [-0.3, -0.25) is 0 Å². The third-order valence-corrected chi connectivity index (χ3v) is 1.45. The van der Waals surface area contributed by atoms with Crippen LogP contribution in [0, 0.1) is 13.5 Å². The summed E-state index contributed by atoms with van der Waals surface area (Å²) in [6.45, 7) is 0. The summed E-state index contributed by atoms with van der Waals surface area (Å²) in [5.41, 5.74) is 0. The maximum Gasteiger partial charge on any atom is 2.00 e. The molecule has 0 atom stereocenters. The Morgan fingerprint density at radius 2 is 2.30 bits per heavy atom. The van der Waals surface area contributed by atoms with Gasteiger partial charge in [-0.15, -0.1) is 5.38 Å². The summed E-state index contributed by atoms with van der Waals surface area (Å²) in [6.07, 6.45) is 0. The van der Waals surface area contributed by atoms with Crippen LogP contribution in [0.3, 0.4) is 0 Å². The Labute approximate surface area is 78.2 Å². The van der Waals surface area contributed by atoms with Crippen LogP contribution in [0.5, 0.6) is 0 Å². The van der Waals surface area contributed by atoms with Crippen molar-refractivity contribution in [2.24, 2.45) is 0 Å². The van der Waals surface area contributed by atoms with Crippen LogP contribution in [-0.2, 0) is 21.1 Å². The summed E-state index contributed by atoms with van der Waals surface area (Å²) >= 11 is 1.11. The third kappa shape index (κ3) is 3.14. The molecule has 0 saturated heterocycles. The second-order valence-electron chi connectivity index (χ2n) is 1.18. The minimum atomic E-state index is -1.15. The number of carbonyl (C=O) groups is 1. The van der Waals surface area contributed by atoms with E-state index in [-0.39, 0.29) is 33.4 Å². The number of thiophene rings is 1. The van der Waals surface area contributed by atoms with Gasteiger partial charge in [-0.1, -0.05) is 4.88 Å². The largest absolute Gasteiger partial charge is 2.00 e. The maximum absolute atomic E-state index is 9.93. The molecule has 0 radical (unpaired) electrons. The van der Waals surface area contributed by atoms with E-state index < -0.39 is 5.97 Å². The number of rotatable bonds is 1. The van der Waals surface area contributed by atoms with Crippen LogP contribution in [0.25, 0.3) is 0 Å². The van der Waals surface area contributed by atoms with Gasteiger partial charge in [0.2, 0.25) is 0 Å². The molecule has 1 aromatic heterocycles. The quantitative estimate of drug-likeness (QED) is 0.700. The zero-order chi connectivity index (χ0) is 5.98. The number of aromatic carboxylic acids is 1. The van der Waals surface area contributed by atoms with E-state index >= 15 is 0 Å². The topological polar surface area (TPSA) is 40.1 Å². The van der Waals surface area contributed by atoms with Gasteiger partial charge in [0.15, 0.2) is 0 Å². The van der Waals surface area contributed by atoms with Gasteiger partial charge >= 0.3 is 21.1 Å². The first-order valence-corrected chi connectivity index (χ1v) is 2.85. The molecule has 0 aliphatic carbocycles. The molecule has 1 heterocycles. The molecule has 1 rings (SSSR count). The SMILES string of the molecule is O=C([O-])c1[c-]ccs1.[CH3-].[W+2].